The zero-order valence-electron chi connectivity index (χ0n) is 15.2. The average molecular weight is 355 g/mol. The van der Waals surface area contributed by atoms with Crippen molar-refractivity contribution >= 4 is 12.0 Å². The Bertz CT molecular complexity index is 760. The van der Waals surface area contributed by atoms with Crippen LogP contribution < -0.4 is 5.32 Å². The predicted molar refractivity (Wildman–Crippen MR) is 98.0 cm³/mol. The van der Waals surface area contributed by atoms with Gasteiger partial charge in [0.2, 0.25) is 5.95 Å². The molecule has 0 aliphatic carbocycles. The molecule has 26 heavy (non-hydrogen) atoms. The number of carbonyl (C=O) groups excluding carboxylic acids is 1. The second-order valence-corrected chi connectivity index (χ2v) is 7.32. The number of ether oxygens (including phenoxy) is 1. The number of hydrogen-bond donors (Lipinski definition) is 1. The van der Waals surface area contributed by atoms with Gasteiger partial charge in [0, 0.05) is 31.0 Å². The third kappa shape index (κ3) is 3.07. The van der Waals surface area contributed by atoms with E-state index < -0.39 is 0 Å². The topological polar surface area (TPSA) is 72.3 Å². The number of fused-ring (bicyclic) bond motifs is 1. The maximum absolute atomic E-state index is 13.0. The second-order valence-electron chi connectivity index (χ2n) is 7.32. The Kier molecular flexibility index (Phi) is 4.63. The Morgan fingerprint density at radius 1 is 1.31 bits per heavy atom. The second kappa shape index (κ2) is 7.07. The van der Waals surface area contributed by atoms with Crippen LogP contribution in [0.25, 0.3) is 0 Å². The van der Waals surface area contributed by atoms with Crippen LogP contribution in [0, 0.1) is 5.92 Å². The summed E-state index contributed by atoms with van der Waals surface area (Å²) in [5, 5.41) is 7.15. The molecule has 0 radical (unpaired) electrons. The van der Waals surface area contributed by atoms with E-state index in [0.717, 1.165) is 6.42 Å². The number of carbonyl (C=O) groups is 1. The Balaban J connectivity index is 1.55. The molecule has 0 unspecified atom stereocenters. The third-order valence-electron chi connectivity index (χ3n) is 5.44. The summed E-state index contributed by atoms with van der Waals surface area (Å²) in [7, 11) is 0. The van der Waals surface area contributed by atoms with Gasteiger partial charge in [-0.3, -0.25) is 5.32 Å². The third-order valence-corrected chi connectivity index (χ3v) is 5.44. The van der Waals surface area contributed by atoms with E-state index in [-0.39, 0.29) is 18.1 Å². The fourth-order valence-corrected chi connectivity index (χ4v) is 4.17. The zero-order chi connectivity index (χ0) is 18.1. The summed E-state index contributed by atoms with van der Waals surface area (Å²) in [5.41, 5.74) is 1.27. The van der Waals surface area contributed by atoms with Gasteiger partial charge < -0.3 is 9.64 Å². The molecule has 7 heteroatoms. The van der Waals surface area contributed by atoms with Crippen molar-refractivity contribution in [1.29, 1.82) is 0 Å². The highest BCUT2D eigenvalue weighted by atomic mass is 16.5. The predicted octanol–water partition coefficient (Wildman–Crippen LogP) is 2.90. The summed E-state index contributed by atoms with van der Waals surface area (Å²) in [4.78, 5) is 19.2. The molecule has 2 aliphatic rings. The Hall–Kier alpha value is -2.41. The fourth-order valence-electron chi connectivity index (χ4n) is 4.17. The van der Waals surface area contributed by atoms with Gasteiger partial charge in [0.1, 0.15) is 6.33 Å². The standard InChI is InChI=1S/C19H25N5O2/c1-13(2)24-18(20-12-21-24)22-19(25)23-10-15(14-6-4-3-5-7-14)16-11-26-9-8-17(16)23/h3-7,12-13,15-17H,8-11H2,1-2H3,(H,20,21,22,25)/t15-,16-,17-/m1/s1. The van der Waals surface area contributed by atoms with Crippen LogP contribution in [0.3, 0.4) is 0 Å². The Morgan fingerprint density at radius 2 is 2.12 bits per heavy atom. The molecule has 1 aromatic carbocycles. The van der Waals surface area contributed by atoms with Crippen LogP contribution in [-0.4, -0.2) is 51.5 Å². The SMILES string of the molecule is CC(C)n1ncnc1NC(=O)N1C[C@H](c2ccccc2)[C@H]2COCC[C@H]21. The molecule has 2 fully saturated rings. The maximum atomic E-state index is 13.0. The van der Waals surface area contributed by atoms with Crippen LogP contribution in [0.15, 0.2) is 36.7 Å². The van der Waals surface area contributed by atoms with Crippen LogP contribution in [0.5, 0.6) is 0 Å². The van der Waals surface area contributed by atoms with Crippen molar-refractivity contribution in [1.82, 2.24) is 19.7 Å². The van der Waals surface area contributed by atoms with Crippen molar-refractivity contribution in [3.63, 3.8) is 0 Å². The molecule has 4 rings (SSSR count). The van der Waals surface area contributed by atoms with Crippen molar-refractivity contribution < 1.29 is 9.53 Å². The summed E-state index contributed by atoms with van der Waals surface area (Å²) < 4.78 is 7.46. The zero-order valence-corrected chi connectivity index (χ0v) is 15.2. The number of nitrogens with zero attached hydrogens (tertiary/aromatic N) is 4. The van der Waals surface area contributed by atoms with Crippen molar-refractivity contribution in [2.75, 3.05) is 25.1 Å². The lowest BCUT2D eigenvalue weighted by Gasteiger charge is -2.32. The number of benzene rings is 1. The molecule has 3 atom stereocenters. The van der Waals surface area contributed by atoms with Gasteiger partial charge in [0.25, 0.3) is 0 Å². The largest absolute Gasteiger partial charge is 0.381 e. The lowest BCUT2D eigenvalue weighted by atomic mass is 9.84. The number of rotatable bonds is 3. The van der Waals surface area contributed by atoms with Crippen molar-refractivity contribution in [2.24, 2.45) is 5.92 Å². The highest BCUT2D eigenvalue weighted by Gasteiger charge is 2.46. The van der Waals surface area contributed by atoms with E-state index in [0.29, 0.717) is 37.5 Å². The van der Waals surface area contributed by atoms with Crippen LogP contribution in [0.2, 0.25) is 0 Å². The molecule has 1 aromatic heterocycles. The van der Waals surface area contributed by atoms with Crippen LogP contribution in [-0.2, 0) is 4.74 Å². The van der Waals surface area contributed by atoms with Crippen molar-refractivity contribution in [2.45, 2.75) is 38.3 Å². The molecule has 0 saturated carbocycles. The van der Waals surface area contributed by atoms with Gasteiger partial charge in [-0.05, 0) is 25.8 Å². The minimum absolute atomic E-state index is 0.102. The minimum Gasteiger partial charge on any atom is -0.381 e. The number of hydrogen-bond acceptors (Lipinski definition) is 4. The normalized spacial score (nSPS) is 25.3. The van der Waals surface area contributed by atoms with Gasteiger partial charge in [0.15, 0.2) is 0 Å². The average Bonchev–Trinajstić information content (AvgIpc) is 3.27. The summed E-state index contributed by atoms with van der Waals surface area (Å²) in [6.07, 6.45) is 2.35. The van der Waals surface area contributed by atoms with Gasteiger partial charge in [0.05, 0.1) is 12.6 Å². The van der Waals surface area contributed by atoms with Crippen LogP contribution >= 0.6 is 0 Å². The lowest BCUT2D eigenvalue weighted by molar-refractivity contribution is 0.0272. The Labute approximate surface area is 153 Å². The molecular formula is C19H25N5O2. The fraction of sp³-hybridized carbons (Fsp3) is 0.526. The molecule has 0 spiro atoms. The molecule has 2 saturated heterocycles. The number of likely N-dealkylation sites (tertiary alicyclic amines) is 1. The molecular weight excluding hydrogens is 330 g/mol. The van der Waals surface area contributed by atoms with Gasteiger partial charge in [-0.15, -0.1) is 0 Å². The number of amides is 2. The summed E-state index contributed by atoms with van der Waals surface area (Å²) in [5.74, 6) is 1.13. The first-order chi connectivity index (χ1) is 12.6. The molecule has 1 N–H and O–H groups in total. The smallest absolute Gasteiger partial charge is 0.324 e. The first-order valence-corrected chi connectivity index (χ1v) is 9.25. The van der Waals surface area contributed by atoms with Crippen molar-refractivity contribution in [3.05, 3.63) is 42.2 Å². The van der Waals surface area contributed by atoms with E-state index in [9.17, 15) is 4.79 Å². The number of urea groups is 1. The van der Waals surface area contributed by atoms with E-state index in [1.807, 2.05) is 24.8 Å². The van der Waals surface area contributed by atoms with Gasteiger partial charge >= 0.3 is 6.03 Å². The van der Waals surface area contributed by atoms with Gasteiger partial charge in [-0.1, -0.05) is 30.3 Å². The minimum atomic E-state index is -0.102. The molecule has 2 aliphatic heterocycles. The summed E-state index contributed by atoms with van der Waals surface area (Å²) >= 11 is 0. The van der Waals surface area contributed by atoms with Crippen LogP contribution in [0.1, 0.15) is 37.8 Å². The van der Waals surface area contributed by atoms with E-state index in [2.05, 4.69) is 39.7 Å². The molecule has 0 bridgehead atoms. The number of anilines is 1. The maximum Gasteiger partial charge on any atom is 0.324 e. The molecule has 138 valence electrons. The van der Waals surface area contributed by atoms with E-state index in [1.165, 1.54) is 11.9 Å². The molecule has 3 heterocycles. The Morgan fingerprint density at radius 3 is 2.88 bits per heavy atom. The van der Waals surface area contributed by atoms with E-state index in [4.69, 9.17) is 4.74 Å². The van der Waals surface area contributed by atoms with Crippen LogP contribution in [0.4, 0.5) is 10.7 Å². The molecule has 2 aromatic rings. The highest BCUT2D eigenvalue weighted by Crippen LogP contribution is 2.41. The van der Waals surface area contributed by atoms with E-state index >= 15 is 0 Å². The van der Waals surface area contributed by atoms with Gasteiger partial charge in [-0.25, -0.2) is 9.48 Å². The number of nitrogens with one attached hydrogen (secondary N) is 1. The lowest BCUT2D eigenvalue weighted by Crippen LogP contribution is -2.44. The van der Waals surface area contributed by atoms with Crippen molar-refractivity contribution in [3.8, 4) is 0 Å². The monoisotopic (exact) mass is 355 g/mol. The quantitative estimate of drug-likeness (QED) is 0.919. The molecule has 7 nitrogen and oxygen atoms in total. The summed E-state index contributed by atoms with van der Waals surface area (Å²) in [6, 6.07) is 10.7. The summed E-state index contributed by atoms with van der Waals surface area (Å²) in [6.45, 7) is 6.13. The highest BCUT2D eigenvalue weighted by molar-refractivity contribution is 5.88. The first-order valence-electron chi connectivity index (χ1n) is 9.25. The first kappa shape index (κ1) is 17.0. The molecule has 2 amide bonds. The number of aromatic nitrogens is 3. The van der Waals surface area contributed by atoms with Gasteiger partial charge in [-0.2, -0.15) is 10.1 Å². The van der Waals surface area contributed by atoms with E-state index in [1.54, 1.807) is 4.68 Å².